The van der Waals surface area contributed by atoms with Crippen LogP contribution in [0.1, 0.15) is 25.0 Å². The standard InChI is InChI=1S/C12H18N4.2BrH/c1-9(13)15-7-11-4-3-5-12(6-11)8-16-10(2)14;;/h3-6H,7-8H2,1-2H3,(H2,13,15)(H2,14,16);2*1H. The lowest BCUT2D eigenvalue weighted by Crippen LogP contribution is -2.06. The monoisotopic (exact) mass is 378 g/mol. The van der Waals surface area contributed by atoms with Crippen molar-refractivity contribution < 1.29 is 0 Å². The maximum Gasteiger partial charge on any atom is 0.0909 e. The lowest BCUT2D eigenvalue weighted by Gasteiger charge is -2.01. The normalized spacial score (nSPS) is 11.4. The predicted molar refractivity (Wildman–Crippen MR) is 89.1 cm³/mol. The van der Waals surface area contributed by atoms with Crippen molar-refractivity contribution in [2.24, 2.45) is 21.5 Å². The summed E-state index contributed by atoms with van der Waals surface area (Å²) in [5.74, 6) is 1.20. The zero-order chi connectivity index (χ0) is 12.0. The Morgan fingerprint density at radius 3 is 1.67 bits per heavy atom. The van der Waals surface area contributed by atoms with Crippen molar-refractivity contribution in [3.8, 4) is 0 Å². The fraction of sp³-hybridized carbons (Fsp3) is 0.333. The van der Waals surface area contributed by atoms with Gasteiger partial charge in [-0.25, -0.2) is 0 Å². The summed E-state index contributed by atoms with van der Waals surface area (Å²) in [5.41, 5.74) is 13.2. The summed E-state index contributed by atoms with van der Waals surface area (Å²) in [5, 5.41) is 0. The minimum Gasteiger partial charge on any atom is -0.388 e. The quantitative estimate of drug-likeness (QED) is 0.623. The number of aliphatic imine (C=N–C) groups is 2. The molecule has 1 rings (SSSR count). The third-order valence-corrected chi connectivity index (χ3v) is 2.01. The first kappa shape index (κ1) is 19.5. The largest absolute Gasteiger partial charge is 0.388 e. The molecule has 0 heterocycles. The minimum atomic E-state index is 0. The molecule has 0 saturated carbocycles. The third-order valence-electron chi connectivity index (χ3n) is 2.01. The molecule has 0 aliphatic rings. The first-order valence-corrected chi connectivity index (χ1v) is 5.19. The second-order valence-corrected chi connectivity index (χ2v) is 3.74. The van der Waals surface area contributed by atoms with Gasteiger partial charge < -0.3 is 11.5 Å². The molecular weight excluding hydrogens is 360 g/mol. The number of nitrogens with two attached hydrogens (primary N) is 2. The van der Waals surface area contributed by atoms with Gasteiger partial charge in [0, 0.05) is 0 Å². The number of amidine groups is 2. The van der Waals surface area contributed by atoms with Crippen molar-refractivity contribution in [1.82, 2.24) is 0 Å². The highest BCUT2D eigenvalue weighted by molar-refractivity contribution is 8.93. The molecule has 0 aliphatic heterocycles. The molecule has 102 valence electrons. The molecule has 0 unspecified atom stereocenters. The minimum absolute atomic E-state index is 0. The van der Waals surface area contributed by atoms with Crippen molar-refractivity contribution >= 4 is 45.6 Å². The van der Waals surface area contributed by atoms with Crippen molar-refractivity contribution in [2.45, 2.75) is 26.9 Å². The van der Waals surface area contributed by atoms with Gasteiger partial charge in [-0.3, -0.25) is 9.98 Å². The maximum absolute atomic E-state index is 5.49. The smallest absolute Gasteiger partial charge is 0.0909 e. The van der Waals surface area contributed by atoms with E-state index in [0.29, 0.717) is 24.8 Å². The van der Waals surface area contributed by atoms with Crippen LogP contribution in [-0.2, 0) is 13.1 Å². The van der Waals surface area contributed by atoms with E-state index >= 15 is 0 Å². The summed E-state index contributed by atoms with van der Waals surface area (Å²) in [7, 11) is 0. The van der Waals surface area contributed by atoms with Gasteiger partial charge in [-0.1, -0.05) is 24.3 Å². The Labute approximate surface area is 129 Å². The number of benzene rings is 1. The second kappa shape index (κ2) is 10.1. The highest BCUT2D eigenvalue weighted by Gasteiger charge is 1.95. The van der Waals surface area contributed by atoms with Crippen LogP contribution in [0.15, 0.2) is 34.3 Å². The summed E-state index contributed by atoms with van der Waals surface area (Å²) in [6.07, 6.45) is 0. The van der Waals surface area contributed by atoms with E-state index in [1.807, 2.05) is 18.2 Å². The van der Waals surface area contributed by atoms with E-state index in [2.05, 4.69) is 16.1 Å². The molecule has 0 spiro atoms. The van der Waals surface area contributed by atoms with Crippen molar-refractivity contribution in [3.05, 3.63) is 35.4 Å². The van der Waals surface area contributed by atoms with Crippen LogP contribution in [0, 0.1) is 0 Å². The van der Waals surface area contributed by atoms with Crippen LogP contribution in [0.25, 0.3) is 0 Å². The number of rotatable bonds is 4. The van der Waals surface area contributed by atoms with Gasteiger partial charge in [-0.05, 0) is 25.0 Å². The van der Waals surface area contributed by atoms with Crippen LogP contribution in [0.4, 0.5) is 0 Å². The summed E-state index contributed by atoms with van der Waals surface area (Å²) < 4.78 is 0. The first-order chi connectivity index (χ1) is 7.58. The Hall–Kier alpha value is -0.880. The van der Waals surface area contributed by atoms with Crippen LogP contribution in [-0.4, -0.2) is 11.7 Å². The molecule has 18 heavy (non-hydrogen) atoms. The highest BCUT2D eigenvalue weighted by Crippen LogP contribution is 2.07. The van der Waals surface area contributed by atoms with E-state index in [-0.39, 0.29) is 34.0 Å². The van der Waals surface area contributed by atoms with Gasteiger partial charge in [0.2, 0.25) is 0 Å². The predicted octanol–water partition coefficient (Wildman–Crippen LogP) is 2.60. The Balaban J connectivity index is 0. The summed E-state index contributed by atoms with van der Waals surface area (Å²) in [6, 6.07) is 8.11. The highest BCUT2D eigenvalue weighted by atomic mass is 79.9. The Morgan fingerprint density at radius 2 is 1.33 bits per heavy atom. The van der Waals surface area contributed by atoms with Gasteiger partial charge in [0.25, 0.3) is 0 Å². The lowest BCUT2D eigenvalue weighted by atomic mass is 10.1. The molecule has 4 nitrogen and oxygen atoms in total. The Bertz CT molecular complexity index is 373. The van der Waals surface area contributed by atoms with Crippen LogP contribution in [0.2, 0.25) is 0 Å². The maximum atomic E-state index is 5.49. The molecule has 4 N–H and O–H groups in total. The molecule has 0 radical (unpaired) electrons. The first-order valence-electron chi connectivity index (χ1n) is 5.19. The average Bonchev–Trinajstić information content (AvgIpc) is 2.24. The van der Waals surface area contributed by atoms with Crippen molar-refractivity contribution in [1.29, 1.82) is 0 Å². The van der Waals surface area contributed by atoms with Crippen LogP contribution in [0.3, 0.4) is 0 Å². The van der Waals surface area contributed by atoms with E-state index in [1.165, 1.54) is 0 Å². The number of hydrogen-bond donors (Lipinski definition) is 2. The fourth-order valence-electron chi connectivity index (χ4n) is 1.26. The van der Waals surface area contributed by atoms with Gasteiger partial charge in [0.15, 0.2) is 0 Å². The van der Waals surface area contributed by atoms with Gasteiger partial charge in [-0.2, -0.15) is 0 Å². The molecule has 0 amide bonds. The SMILES string of the molecule is Br.Br.CC(N)=NCc1cccc(CN=C(C)N)c1. The van der Waals surface area contributed by atoms with Gasteiger partial charge >= 0.3 is 0 Å². The number of nitrogens with zero attached hydrogens (tertiary/aromatic N) is 2. The molecule has 6 heteroatoms. The summed E-state index contributed by atoms with van der Waals surface area (Å²) in [4.78, 5) is 8.33. The molecule has 1 aromatic rings. The summed E-state index contributed by atoms with van der Waals surface area (Å²) >= 11 is 0. The van der Waals surface area contributed by atoms with Crippen molar-refractivity contribution in [2.75, 3.05) is 0 Å². The van der Waals surface area contributed by atoms with Gasteiger partial charge in [0.05, 0.1) is 24.8 Å². The topological polar surface area (TPSA) is 76.8 Å². The van der Waals surface area contributed by atoms with E-state index < -0.39 is 0 Å². The van der Waals surface area contributed by atoms with E-state index in [0.717, 1.165) is 11.1 Å². The van der Waals surface area contributed by atoms with Gasteiger partial charge in [-0.15, -0.1) is 34.0 Å². The van der Waals surface area contributed by atoms with Crippen LogP contribution >= 0.6 is 34.0 Å². The third kappa shape index (κ3) is 8.25. The molecular formula is C12H20Br2N4. The Morgan fingerprint density at radius 1 is 0.944 bits per heavy atom. The average molecular weight is 380 g/mol. The fourth-order valence-corrected chi connectivity index (χ4v) is 1.26. The second-order valence-electron chi connectivity index (χ2n) is 3.74. The molecule has 1 aromatic carbocycles. The van der Waals surface area contributed by atoms with E-state index in [4.69, 9.17) is 11.5 Å². The Kier molecular flexibility index (Phi) is 10.9. The zero-order valence-electron chi connectivity index (χ0n) is 10.6. The van der Waals surface area contributed by atoms with Crippen molar-refractivity contribution in [3.63, 3.8) is 0 Å². The molecule has 0 bridgehead atoms. The van der Waals surface area contributed by atoms with Crippen LogP contribution < -0.4 is 11.5 Å². The summed E-state index contributed by atoms with van der Waals surface area (Å²) in [6.45, 7) is 4.79. The molecule has 0 aliphatic carbocycles. The molecule has 0 fully saturated rings. The lowest BCUT2D eigenvalue weighted by molar-refractivity contribution is 1.02. The van der Waals surface area contributed by atoms with E-state index in [1.54, 1.807) is 13.8 Å². The van der Waals surface area contributed by atoms with Crippen LogP contribution in [0.5, 0.6) is 0 Å². The molecule has 0 aromatic heterocycles. The molecule has 0 atom stereocenters. The zero-order valence-corrected chi connectivity index (χ0v) is 14.0. The number of hydrogen-bond acceptors (Lipinski definition) is 2. The molecule has 0 saturated heterocycles. The number of halogens is 2. The van der Waals surface area contributed by atoms with E-state index in [9.17, 15) is 0 Å². The van der Waals surface area contributed by atoms with Gasteiger partial charge in [0.1, 0.15) is 0 Å².